The molecule has 1 aromatic rings. The summed E-state index contributed by atoms with van der Waals surface area (Å²) in [6, 6.07) is 8.69. The van der Waals surface area contributed by atoms with Gasteiger partial charge in [-0.2, -0.15) is 0 Å². The molecule has 1 rings (SSSR count). The highest BCUT2D eigenvalue weighted by Crippen LogP contribution is 2.21. The second-order valence-electron chi connectivity index (χ2n) is 6.83. The van der Waals surface area contributed by atoms with Crippen molar-refractivity contribution in [2.75, 3.05) is 0 Å². The lowest BCUT2D eigenvalue weighted by Gasteiger charge is -2.34. The van der Waals surface area contributed by atoms with Crippen LogP contribution in [0.1, 0.15) is 30.1 Å². The third-order valence-corrected chi connectivity index (χ3v) is 11.3. The first-order valence-electron chi connectivity index (χ1n) is 7.63. The van der Waals surface area contributed by atoms with Gasteiger partial charge in [0.25, 0.3) is 0 Å². The predicted octanol–water partition coefficient (Wildman–Crippen LogP) is 2.79. The molecule has 22 heavy (non-hydrogen) atoms. The second-order valence-corrected chi connectivity index (χ2v) is 15.3. The Bertz CT molecular complexity index is 539. The van der Waals surface area contributed by atoms with Crippen LogP contribution in [0.15, 0.2) is 24.3 Å². The minimum Gasteiger partial charge on any atom is -0.452 e. The molecule has 0 aliphatic carbocycles. The summed E-state index contributed by atoms with van der Waals surface area (Å²) in [6.07, 6.45) is 1.22. The number of nitrogens with two attached hydrogens (primary N) is 1. The quantitative estimate of drug-likeness (QED) is 0.586. The van der Waals surface area contributed by atoms with Gasteiger partial charge in [-0.05, 0) is 50.8 Å². The molecule has 0 atom stereocenters. The van der Waals surface area contributed by atoms with Gasteiger partial charge in [-0.3, -0.25) is 9.59 Å². The molecule has 4 nitrogen and oxygen atoms in total. The van der Waals surface area contributed by atoms with E-state index in [-0.39, 0.29) is 11.7 Å². The Labute approximate surface area is 135 Å². The lowest BCUT2D eigenvalue weighted by Crippen LogP contribution is -2.52. The van der Waals surface area contributed by atoms with E-state index in [1.807, 2.05) is 24.3 Å². The topological polar surface area (TPSA) is 69.4 Å². The van der Waals surface area contributed by atoms with Gasteiger partial charge in [0.05, 0.1) is 0 Å². The van der Waals surface area contributed by atoms with Gasteiger partial charge in [-0.25, -0.2) is 0 Å². The number of hydrogen-bond donors (Lipinski definition) is 1. The molecule has 0 fully saturated rings. The van der Waals surface area contributed by atoms with Crippen LogP contribution in [0.2, 0.25) is 32.2 Å². The summed E-state index contributed by atoms with van der Waals surface area (Å²) in [5, 5.41) is 1.19. The van der Waals surface area contributed by atoms with Crippen LogP contribution in [-0.2, 0) is 8.91 Å². The number of Topliss-reactive ketones (excluding diaryl/α,β-unsaturated/α-hetero) is 1. The summed E-state index contributed by atoms with van der Waals surface area (Å²) in [7, 11) is -3.85. The maximum Gasteiger partial charge on any atom is 0.217 e. The fourth-order valence-electron chi connectivity index (χ4n) is 2.60. The van der Waals surface area contributed by atoms with E-state index in [9.17, 15) is 9.59 Å². The number of ketones is 1. The summed E-state index contributed by atoms with van der Waals surface area (Å²) in [5.41, 5.74) is 5.92. The van der Waals surface area contributed by atoms with Crippen LogP contribution >= 0.6 is 0 Å². The number of amides is 1. The van der Waals surface area contributed by atoms with Gasteiger partial charge >= 0.3 is 0 Å². The van der Waals surface area contributed by atoms with Crippen LogP contribution in [0, 0.1) is 0 Å². The molecule has 0 aliphatic rings. The van der Waals surface area contributed by atoms with Crippen LogP contribution in [-0.4, -0.2) is 28.3 Å². The number of rotatable bonds is 8. The highest BCUT2D eigenvalue weighted by molar-refractivity contribution is 6.92. The summed E-state index contributed by atoms with van der Waals surface area (Å²) in [6.45, 7) is 10.3. The number of primary amides is 1. The van der Waals surface area contributed by atoms with Crippen molar-refractivity contribution < 1.29 is 13.7 Å². The zero-order valence-corrected chi connectivity index (χ0v) is 16.2. The van der Waals surface area contributed by atoms with E-state index < -0.39 is 16.6 Å². The van der Waals surface area contributed by atoms with Gasteiger partial charge in [0.15, 0.2) is 14.1 Å². The van der Waals surface area contributed by atoms with Crippen LogP contribution in [0.25, 0.3) is 0 Å². The number of carbonyl (C=O) groups is 2. The first kappa shape index (κ1) is 18.8. The average molecular weight is 338 g/mol. The van der Waals surface area contributed by atoms with Crippen LogP contribution in [0.3, 0.4) is 0 Å². The molecule has 2 N–H and O–H groups in total. The van der Waals surface area contributed by atoms with E-state index in [1.165, 1.54) is 5.19 Å². The van der Waals surface area contributed by atoms with Crippen molar-refractivity contribution in [1.29, 1.82) is 0 Å². The van der Waals surface area contributed by atoms with E-state index >= 15 is 0 Å². The molecule has 0 heterocycles. The smallest absolute Gasteiger partial charge is 0.217 e. The highest BCUT2D eigenvalue weighted by Gasteiger charge is 2.34. The third-order valence-electron chi connectivity index (χ3n) is 3.72. The summed E-state index contributed by atoms with van der Waals surface area (Å²) in [4.78, 5) is 22.2. The lowest BCUT2D eigenvalue weighted by molar-refractivity contribution is -0.118. The van der Waals surface area contributed by atoms with E-state index in [0.29, 0.717) is 6.42 Å². The fourth-order valence-corrected chi connectivity index (χ4v) is 11.0. The Morgan fingerprint density at radius 1 is 1.09 bits per heavy atom. The van der Waals surface area contributed by atoms with Gasteiger partial charge < -0.3 is 9.85 Å². The predicted molar refractivity (Wildman–Crippen MR) is 95.4 cm³/mol. The summed E-state index contributed by atoms with van der Waals surface area (Å²) < 4.78 is 6.53. The molecule has 0 saturated heterocycles. The molecule has 0 aromatic heterocycles. The molecular weight excluding hydrogens is 310 g/mol. The molecule has 0 bridgehead atoms. The third kappa shape index (κ3) is 5.86. The average Bonchev–Trinajstić information content (AvgIpc) is 2.36. The van der Waals surface area contributed by atoms with Crippen molar-refractivity contribution in [3.05, 3.63) is 29.8 Å². The van der Waals surface area contributed by atoms with Crippen molar-refractivity contribution in [1.82, 2.24) is 0 Å². The Morgan fingerprint density at radius 3 is 2.09 bits per heavy atom. The standard InChI is InChI=1S/C16H27NO3Si2/c1-13(18)14-8-10-15(11-9-14)22(4,5)20-21(2,3)12-6-7-16(17)19/h8-11H,6-7,12H2,1-5H3,(H2,17,19). The molecule has 1 aromatic carbocycles. The van der Waals surface area contributed by atoms with Crippen LogP contribution < -0.4 is 10.9 Å². The van der Waals surface area contributed by atoms with Crippen molar-refractivity contribution in [2.45, 2.75) is 52.0 Å². The van der Waals surface area contributed by atoms with Gasteiger partial charge in [-0.15, -0.1) is 0 Å². The second kappa shape index (κ2) is 7.35. The van der Waals surface area contributed by atoms with Crippen molar-refractivity contribution in [3.8, 4) is 0 Å². The largest absolute Gasteiger partial charge is 0.452 e. The highest BCUT2D eigenvalue weighted by atomic mass is 28.4. The summed E-state index contributed by atoms with van der Waals surface area (Å²) >= 11 is 0. The van der Waals surface area contributed by atoms with Crippen molar-refractivity contribution in [2.24, 2.45) is 5.73 Å². The van der Waals surface area contributed by atoms with E-state index in [1.54, 1.807) is 6.92 Å². The lowest BCUT2D eigenvalue weighted by atomic mass is 10.2. The van der Waals surface area contributed by atoms with Gasteiger partial charge in [0.1, 0.15) is 0 Å². The minimum absolute atomic E-state index is 0.0769. The zero-order valence-electron chi connectivity index (χ0n) is 14.2. The molecule has 0 aliphatic heterocycles. The molecule has 0 unspecified atom stereocenters. The fraction of sp³-hybridized carbons (Fsp3) is 0.500. The Kier molecular flexibility index (Phi) is 6.28. The molecule has 0 spiro atoms. The van der Waals surface area contributed by atoms with Crippen molar-refractivity contribution >= 4 is 33.5 Å². The summed E-state index contributed by atoms with van der Waals surface area (Å²) in [5.74, 6) is -0.172. The van der Waals surface area contributed by atoms with Gasteiger partial charge in [0.2, 0.25) is 14.2 Å². The van der Waals surface area contributed by atoms with Crippen molar-refractivity contribution in [3.63, 3.8) is 0 Å². The molecule has 6 heteroatoms. The van der Waals surface area contributed by atoms with E-state index in [0.717, 1.165) is 18.0 Å². The molecular formula is C16H27NO3Si2. The van der Waals surface area contributed by atoms with E-state index in [4.69, 9.17) is 9.85 Å². The minimum atomic E-state index is -2.02. The monoisotopic (exact) mass is 337 g/mol. The molecule has 122 valence electrons. The van der Waals surface area contributed by atoms with E-state index in [2.05, 4.69) is 26.2 Å². The Hall–Kier alpha value is -1.25. The number of carbonyl (C=O) groups excluding carboxylic acids is 2. The van der Waals surface area contributed by atoms with Gasteiger partial charge in [0, 0.05) is 12.0 Å². The first-order chi connectivity index (χ1) is 10.0. The Balaban J connectivity index is 2.76. The van der Waals surface area contributed by atoms with Crippen LogP contribution in [0.5, 0.6) is 0 Å². The van der Waals surface area contributed by atoms with Gasteiger partial charge in [-0.1, -0.05) is 24.3 Å². The van der Waals surface area contributed by atoms with Crippen LogP contribution in [0.4, 0.5) is 0 Å². The molecule has 0 radical (unpaired) electrons. The maximum atomic E-state index is 11.4. The maximum absolute atomic E-state index is 11.4. The molecule has 0 saturated carbocycles. The molecule has 1 amide bonds. The number of benzene rings is 1. The normalized spacial score (nSPS) is 12.2. The SMILES string of the molecule is CC(=O)c1ccc([Si](C)(C)O[Si](C)(C)CCCC(N)=O)cc1. The zero-order chi connectivity index (χ0) is 17.0. The number of hydrogen-bond acceptors (Lipinski definition) is 3. The first-order valence-corrected chi connectivity index (χ1v) is 13.7. The Morgan fingerprint density at radius 2 is 1.64 bits per heavy atom.